The molecule has 0 rings (SSSR count). The van der Waals surface area contributed by atoms with E-state index >= 15 is 0 Å². The van der Waals surface area contributed by atoms with Crippen LogP contribution in [0.25, 0.3) is 0 Å². The van der Waals surface area contributed by atoms with Crippen LogP contribution in [0.4, 0.5) is 4.79 Å². The molecule has 15 N–H and O–H groups in total. The molecule has 0 radical (unpaired) electrons. The Hall–Kier alpha value is -13.8. The third-order valence-electron chi connectivity index (χ3n) is 7.16. The molecule has 0 saturated carbocycles. The Morgan fingerprint density at radius 3 is 1.26 bits per heavy atom. The average Bonchev–Trinajstić information content (AvgIpc) is 1.01. The Balaban J connectivity index is -0.0000000879. The van der Waals surface area contributed by atoms with Gasteiger partial charge in [-0.25, -0.2) is 24.0 Å². The Kier molecular flexibility index (Phi) is 99.7. The number of carboxylic acids is 11. The van der Waals surface area contributed by atoms with E-state index in [1.165, 1.54) is 34.6 Å². The second-order valence-electron chi connectivity index (χ2n) is 15.7. The van der Waals surface area contributed by atoms with E-state index in [0.717, 1.165) is 6.26 Å². The lowest BCUT2D eigenvalue weighted by molar-refractivity contribution is -0.186. The minimum atomic E-state index is -2.09. The molecule has 0 spiro atoms. The van der Waals surface area contributed by atoms with E-state index in [0.29, 0.717) is 19.0 Å². The van der Waals surface area contributed by atoms with Crippen LogP contribution in [0.3, 0.4) is 0 Å². The maximum Gasteiger partial charge on any atom is 0.513 e. The second-order valence-corrected chi connectivity index (χ2v) is 15.7. The van der Waals surface area contributed by atoms with E-state index < -0.39 is 127 Å². The SMILES string of the molecule is C=C(CC(=O)O)OC=O.CC(C)(CC(=O)O)OC=O.CC(CC(=O)O)OC=O.CC(OC=O)C(C)C(=O)O.O=CO/C=C/C(=O)O.O=COC#CC(=O)O.O=COC(=O)O.O=COC(O)C(O)C(=O)O.O=COC(O)CC(=O)O.O=COCC(=O)O.O=COCCC(=O)O.O=COCCCC(=O)O. The van der Waals surface area contributed by atoms with Crippen LogP contribution in [0.2, 0.25) is 0 Å². The maximum atomic E-state index is 10.2. The van der Waals surface area contributed by atoms with E-state index in [-0.39, 0.29) is 122 Å². The summed E-state index contributed by atoms with van der Waals surface area (Å²) in [5.74, 6) is -11.5. The third kappa shape index (κ3) is 150. The molecule has 0 aromatic carbocycles. The van der Waals surface area contributed by atoms with Crippen LogP contribution >= 0.6 is 0 Å². The summed E-state index contributed by atoms with van der Waals surface area (Å²) < 4.78 is 47.9. The number of hydrogen-bond donors (Lipinski definition) is 15. The number of hydrogen-bond acceptors (Lipinski definition) is 39. The lowest BCUT2D eigenvalue weighted by atomic mass is 10.1. The number of aliphatic hydroxyl groups excluding tert-OH is 3. The van der Waals surface area contributed by atoms with Crippen LogP contribution in [0.5, 0.6) is 0 Å². The molecule has 51 heteroatoms. The standard InChI is InChI=1S/2C6H10O4.C5H8O4.C5H6O4.C5H8O4.C4H6O6.C4H6O5.C4H6O4.C4H4O4.C4H2O4.C3H4O4.C2H2O4/c1-6(2,10-4-7)3-5(8)9;1-4(6(8)9)5(2)10-3-7;2*1-4(9-3-6)2-5(7)8;6-4-9-3-1-2-5(7)8;5-1-10-4(9)2(6)3(7)8;5-2-9-4(8)1-3(6)7;3*5-3-8-2-1-4(6)7;4-2-7-1-3(5)6;3-1-6-2(4)5/h4H,3H2,1-2H3,(H,8,9);3-5H,1-2H3,(H,8,9);3-4H,2H2,1H3,(H,7,8);3H,1-2H2,(H,7,8);4H,1-3H2,(H,7,8);1-2,4,6,9H,(H,7,8);2,4,8H,1H2,(H,6,7);3H,1-2H2,(H,6,7);1-3H,(H,6,7);3H,(H,6,7);2H,1H2,(H,5,6);1H,(H,4,5)/b;;;;;;;;2-1+;;;. The predicted octanol–water partition coefficient (Wildman–Crippen LogP) is -4.57. The van der Waals surface area contributed by atoms with Crippen LogP contribution < -0.4 is 0 Å². The number of ether oxygens (including phenoxy) is 12. The second kappa shape index (κ2) is 88.2. The van der Waals surface area contributed by atoms with Gasteiger partial charge in [0.25, 0.3) is 64.7 Å². The van der Waals surface area contributed by atoms with E-state index in [9.17, 15) is 105 Å². The van der Waals surface area contributed by atoms with E-state index in [1.807, 2.05) is 0 Å². The van der Waals surface area contributed by atoms with Crippen LogP contribution in [-0.2, 0) is 167 Å². The lowest BCUT2D eigenvalue weighted by Gasteiger charge is -2.19. The highest BCUT2D eigenvalue weighted by Gasteiger charge is 2.25. The summed E-state index contributed by atoms with van der Waals surface area (Å²) in [6, 6.07) is 0. The largest absolute Gasteiger partial charge is 0.513 e. The van der Waals surface area contributed by atoms with Crippen molar-refractivity contribution in [2.24, 2.45) is 5.92 Å². The van der Waals surface area contributed by atoms with Crippen molar-refractivity contribution in [2.45, 2.75) is 116 Å². The van der Waals surface area contributed by atoms with Crippen LogP contribution in [0, 0.1) is 17.9 Å². The number of carbonyl (C=O) groups excluding carboxylic acids is 12. The van der Waals surface area contributed by atoms with Gasteiger partial charge in [0, 0.05) is 6.42 Å². The maximum absolute atomic E-state index is 10.2. The molecule has 0 bridgehead atoms. The summed E-state index contributed by atoms with van der Waals surface area (Å²) in [6.45, 7) is 11.7. The van der Waals surface area contributed by atoms with Gasteiger partial charge in [-0.3, -0.25) is 91.1 Å². The smallest absolute Gasteiger partial charge is 0.481 e. The molecule has 0 aromatic heterocycles. The number of carboxylic acid groups (broad SMARTS) is 12. The van der Waals surface area contributed by atoms with Crippen molar-refractivity contribution in [1.29, 1.82) is 0 Å². The van der Waals surface area contributed by atoms with Crippen molar-refractivity contribution < 1.29 is 249 Å². The molecule has 6 atom stereocenters. The molecule has 0 aliphatic heterocycles. The van der Waals surface area contributed by atoms with Gasteiger partial charge in [0.15, 0.2) is 6.61 Å². The molecule has 586 valence electrons. The van der Waals surface area contributed by atoms with Crippen molar-refractivity contribution in [3.05, 3.63) is 24.7 Å². The minimum Gasteiger partial charge on any atom is -0.481 e. The lowest BCUT2D eigenvalue weighted by Crippen LogP contribution is -2.35. The third-order valence-corrected chi connectivity index (χ3v) is 7.16. The zero-order valence-electron chi connectivity index (χ0n) is 53.7. The number of rotatable bonds is 41. The van der Waals surface area contributed by atoms with Gasteiger partial charge in [-0.2, -0.15) is 0 Å². The van der Waals surface area contributed by atoms with Crippen molar-refractivity contribution in [1.82, 2.24) is 0 Å². The number of aliphatic hydroxyl groups is 3. The van der Waals surface area contributed by atoms with Crippen molar-refractivity contribution >= 4 is 149 Å². The van der Waals surface area contributed by atoms with Gasteiger partial charge in [0.2, 0.25) is 18.7 Å². The summed E-state index contributed by atoms with van der Waals surface area (Å²) in [6.07, 6.45) is -6.10. The highest BCUT2D eigenvalue weighted by Crippen LogP contribution is 2.12. The molecule has 0 saturated heterocycles. The highest BCUT2D eigenvalue weighted by molar-refractivity contribution is 5.86. The van der Waals surface area contributed by atoms with Gasteiger partial charge in [-0.1, -0.05) is 6.58 Å². The normalized spacial score (nSPS) is 10.3. The fraction of sp³-hybridized carbons (Fsp3) is 0.423. The molecule has 103 heavy (non-hydrogen) atoms. The summed E-state index contributed by atoms with van der Waals surface area (Å²) >= 11 is 0. The first-order chi connectivity index (χ1) is 47.8. The van der Waals surface area contributed by atoms with E-state index in [4.69, 9.17) is 86.2 Å². The quantitative estimate of drug-likeness (QED) is 0.00315. The molecule has 51 nitrogen and oxygen atoms in total. The monoisotopic (exact) mass is 1510 g/mol. The number of aliphatic carboxylic acids is 11. The Bertz CT molecular complexity index is 2530. The van der Waals surface area contributed by atoms with Crippen molar-refractivity contribution in [3.8, 4) is 12.0 Å². The van der Waals surface area contributed by atoms with Crippen LogP contribution in [0.1, 0.15) is 79.6 Å². The van der Waals surface area contributed by atoms with Gasteiger partial charge >= 0.3 is 84.8 Å². The molecule has 6 unspecified atom stereocenters. The molecule has 0 aliphatic carbocycles. The first-order valence-corrected chi connectivity index (χ1v) is 25.4. The van der Waals surface area contributed by atoms with Crippen molar-refractivity contribution in [3.63, 3.8) is 0 Å². The zero-order chi connectivity index (χ0) is 83.3. The number of carbonyl (C=O) groups is 24. The first kappa shape index (κ1) is 116. The average molecular weight is 1510 g/mol. The first-order valence-electron chi connectivity index (χ1n) is 25.4. The molecule has 0 amide bonds. The topological polar surface area (TPSA) is 824 Å². The molecule has 0 aliphatic rings. The van der Waals surface area contributed by atoms with Gasteiger partial charge in [0.05, 0.1) is 43.8 Å². The van der Waals surface area contributed by atoms with Gasteiger partial charge < -0.3 is 133 Å². The van der Waals surface area contributed by atoms with E-state index in [1.54, 1.807) is 12.0 Å². The van der Waals surface area contributed by atoms with Crippen molar-refractivity contribution in [2.75, 3.05) is 19.8 Å². The fourth-order valence-electron chi connectivity index (χ4n) is 3.05. The van der Waals surface area contributed by atoms with Gasteiger partial charge in [-0.15, -0.1) is 0 Å². The van der Waals surface area contributed by atoms with E-state index in [2.05, 4.69) is 63.4 Å². The highest BCUT2D eigenvalue weighted by atomic mass is 16.7. The molecule has 0 fully saturated rings. The Morgan fingerprint density at radius 2 is 0.951 bits per heavy atom. The fourth-order valence-corrected chi connectivity index (χ4v) is 3.05. The van der Waals surface area contributed by atoms with Gasteiger partial charge in [-0.05, 0) is 41.0 Å². The zero-order valence-corrected chi connectivity index (χ0v) is 53.7. The molecular formula is C52H72O51. The summed E-state index contributed by atoms with van der Waals surface area (Å²) in [5, 5.41) is 121. The van der Waals surface area contributed by atoms with Gasteiger partial charge in [0.1, 0.15) is 55.4 Å². The Morgan fingerprint density at radius 1 is 0.476 bits per heavy atom. The summed E-state index contributed by atoms with van der Waals surface area (Å²) in [4.78, 5) is 230. The van der Waals surface area contributed by atoms with Crippen LogP contribution in [0.15, 0.2) is 24.7 Å². The summed E-state index contributed by atoms with van der Waals surface area (Å²) in [7, 11) is 0. The molecular weight excluding hydrogens is 1440 g/mol. The minimum absolute atomic E-state index is 0.00634. The predicted molar refractivity (Wildman–Crippen MR) is 311 cm³/mol. The molecule has 0 heterocycles. The summed E-state index contributed by atoms with van der Waals surface area (Å²) in [5.41, 5.74) is -0.895. The van der Waals surface area contributed by atoms with Crippen LogP contribution in [-0.4, -0.2) is 282 Å². The molecule has 0 aromatic rings. The Labute approximate surface area is 575 Å².